The third-order valence-electron chi connectivity index (χ3n) is 4.13. The van der Waals surface area contributed by atoms with E-state index in [2.05, 4.69) is 27.9 Å². The summed E-state index contributed by atoms with van der Waals surface area (Å²) in [5.74, 6) is 0.0162. The summed E-state index contributed by atoms with van der Waals surface area (Å²) in [6.45, 7) is 2.32. The highest BCUT2D eigenvalue weighted by atomic mass is 127. The highest BCUT2D eigenvalue weighted by Crippen LogP contribution is 2.38. The first-order valence-corrected chi connectivity index (χ1v) is 8.28. The molecule has 0 saturated carbocycles. The molecule has 1 spiro atoms. The summed E-state index contributed by atoms with van der Waals surface area (Å²) in [6, 6.07) is 9.90. The molecule has 1 fully saturated rings. The zero-order valence-electron chi connectivity index (χ0n) is 11.8. The van der Waals surface area contributed by atoms with Crippen molar-refractivity contribution in [2.75, 3.05) is 0 Å². The number of hydrogen-bond donors (Lipinski definition) is 1. The molecule has 0 radical (unpaired) electrons. The molecule has 0 aliphatic carbocycles. The van der Waals surface area contributed by atoms with Gasteiger partial charge in [-0.3, -0.25) is 9.59 Å². The lowest BCUT2D eigenvalue weighted by Crippen LogP contribution is -2.65. The minimum Gasteiger partial charge on any atom is -0.325 e. The van der Waals surface area contributed by atoms with Gasteiger partial charge in [-0.15, -0.1) is 0 Å². The Morgan fingerprint density at radius 1 is 1.33 bits per heavy atom. The Bertz CT molecular complexity index is 614. The molecule has 0 unspecified atom stereocenters. The van der Waals surface area contributed by atoms with E-state index < -0.39 is 5.66 Å². The van der Waals surface area contributed by atoms with Crippen molar-refractivity contribution in [3.63, 3.8) is 0 Å². The van der Waals surface area contributed by atoms with Crippen molar-refractivity contribution >= 4 is 34.4 Å². The van der Waals surface area contributed by atoms with Crippen LogP contribution in [-0.4, -0.2) is 26.3 Å². The largest absolute Gasteiger partial charge is 0.325 e. The molecule has 1 aromatic carbocycles. The zero-order valence-corrected chi connectivity index (χ0v) is 14.0. The summed E-state index contributed by atoms with van der Waals surface area (Å²) >= 11 is 2.35. The average molecular weight is 396 g/mol. The van der Waals surface area contributed by atoms with E-state index in [-0.39, 0.29) is 15.7 Å². The predicted molar refractivity (Wildman–Crippen MR) is 88.7 cm³/mol. The van der Waals surface area contributed by atoms with Crippen molar-refractivity contribution in [3.8, 4) is 0 Å². The quantitative estimate of drug-likeness (QED) is 0.617. The van der Waals surface area contributed by atoms with Gasteiger partial charge in [0.1, 0.15) is 5.66 Å². The summed E-state index contributed by atoms with van der Waals surface area (Å²) in [4.78, 5) is 26.3. The van der Waals surface area contributed by atoms with Crippen molar-refractivity contribution in [1.29, 1.82) is 0 Å². The van der Waals surface area contributed by atoms with Gasteiger partial charge in [0.25, 0.3) is 0 Å². The molecule has 1 aromatic rings. The molecular weight excluding hydrogens is 379 g/mol. The lowest BCUT2D eigenvalue weighted by Gasteiger charge is -2.46. The second-order valence-electron chi connectivity index (χ2n) is 5.58. The van der Waals surface area contributed by atoms with Gasteiger partial charge in [-0.1, -0.05) is 52.9 Å². The predicted octanol–water partition coefficient (Wildman–Crippen LogP) is 2.39. The highest BCUT2D eigenvalue weighted by molar-refractivity contribution is 14.1. The van der Waals surface area contributed by atoms with Crippen LogP contribution in [0, 0.1) is 0 Å². The molecule has 2 aliphatic heterocycles. The number of carbonyl (C=O) groups is 2. The van der Waals surface area contributed by atoms with Crippen molar-refractivity contribution in [2.24, 2.45) is 0 Å². The van der Waals surface area contributed by atoms with Crippen LogP contribution in [0.5, 0.6) is 0 Å². The Hall–Kier alpha value is -1.37. The molecule has 3 rings (SSSR count). The van der Waals surface area contributed by atoms with E-state index in [9.17, 15) is 9.59 Å². The van der Waals surface area contributed by atoms with Gasteiger partial charge >= 0.3 is 0 Å². The molecule has 0 bridgehead atoms. The molecular formula is C16H17IN2O2. The number of hydrogen-bond acceptors (Lipinski definition) is 2. The van der Waals surface area contributed by atoms with Crippen molar-refractivity contribution in [2.45, 2.75) is 35.9 Å². The van der Waals surface area contributed by atoms with Crippen molar-refractivity contribution < 1.29 is 9.59 Å². The molecule has 21 heavy (non-hydrogen) atoms. The van der Waals surface area contributed by atoms with Crippen molar-refractivity contribution in [1.82, 2.24) is 10.2 Å². The molecule has 2 heterocycles. The average Bonchev–Trinajstić information content (AvgIpc) is 2.78. The molecule has 5 heteroatoms. The van der Waals surface area contributed by atoms with Crippen molar-refractivity contribution in [3.05, 3.63) is 47.5 Å². The summed E-state index contributed by atoms with van der Waals surface area (Å²) in [5, 5.41) is 3.04. The van der Waals surface area contributed by atoms with E-state index in [0.29, 0.717) is 18.5 Å². The maximum atomic E-state index is 12.5. The molecule has 4 nitrogen and oxygen atoms in total. The number of halogens is 1. The van der Waals surface area contributed by atoms with Crippen LogP contribution in [0.2, 0.25) is 0 Å². The Kier molecular flexibility index (Phi) is 3.77. The van der Waals surface area contributed by atoms with Crippen LogP contribution in [-0.2, 0) is 16.1 Å². The Morgan fingerprint density at radius 2 is 2.05 bits per heavy atom. The van der Waals surface area contributed by atoms with E-state index >= 15 is 0 Å². The Morgan fingerprint density at radius 3 is 2.67 bits per heavy atom. The minimum atomic E-state index is -0.674. The molecule has 2 aliphatic rings. The first kappa shape index (κ1) is 14.6. The third-order valence-corrected chi connectivity index (χ3v) is 5.70. The maximum absolute atomic E-state index is 12.5. The molecule has 1 N–H and O–H groups in total. The number of alkyl halides is 1. The number of piperidine rings is 1. The van der Waals surface area contributed by atoms with Gasteiger partial charge in [-0.25, -0.2) is 0 Å². The fourth-order valence-corrected chi connectivity index (χ4v) is 3.98. The number of benzene rings is 1. The standard InChI is InChI=1S/C16H17IN2O2/c1-11-9-16(18-15(11)21)13(17)7-8-14(20)19(16)10-12-5-3-2-4-6-12/h2-6,9,13H,7-8,10H2,1H3,(H,18,21)/t13-,16-/m1/s1. The van der Waals surface area contributed by atoms with E-state index in [4.69, 9.17) is 0 Å². The van der Waals surface area contributed by atoms with Crippen LogP contribution in [0.4, 0.5) is 0 Å². The normalized spacial score (nSPS) is 28.8. The van der Waals surface area contributed by atoms with Crippen LogP contribution in [0.15, 0.2) is 42.0 Å². The smallest absolute Gasteiger partial charge is 0.248 e. The number of nitrogens with one attached hydrogen (secondary N) is 1. The zero-order chi connectivity index (χ0) is 15.0. The van der Waals surface area contributed by atoms with Gasteiger partial charge < -0.3 is 10.2 Å². The second-order valence-corrected chi connectivity index (χ2v) is 7.08. The lowest BCUT2D eigenvalue weighted by atomic mass is 9.94. The second kappa shape index (κ2) is 5.44. The van der Waals surface area contributed by atoms with Gasteiger partial charge in [0.15, 0.2) is 0 Å². The van der Waals surface area contributed by atoms with Crippen LogP contribution in [0.25, 0.3) is 0 Å². The number of carbonyl (C=O) groups excluding carboxylic acids is 2. The SMILES string of the molecule is CC1=C[C@]2(NC1=O)[C@H](I)CCC(=O)N2Cc1ccccc1. The van der Waals surface area contributed by atoms with Crippen LogP contribution in [0.3, 0.4) is 0 Å². The summed E-state index contributed by atoms with van der Waals surface area (Å²) < 4.78 is 0.179. The molecule has 0 aromatic heterocycles. The fourth-order valence-electron chi connectivity index (χ4n) is 2.99. The summed E-state index contributed by atoms with van der Waals surface area (Å²) in [7, 11) is 0. The Balaban J connectivity index is 1.98. The highest BCUT2D eigenvalue weighted by Gasteiger charge is 2.51. The summed E-state index contributed by atoms with van der Waals surface area (Å²) in [6.07, 6.45) is 3.24. The lowest BCUT2D eigenvalue weighted by molar-refractivity contribution is -0.142. The first-order chi connectivity index (χ1) is 10.0. The molecule has 2 atom stereocenters. The summed E-state index contributed by atoms with van der Waals surface area (Å²) in [5.41, 5.74) is 1.08. The van der Waals surface area contributed by atoms with E-state index in [1.807, 2.05) is 41.3 Å². The first-order valence-electron chi connectivity index (χ1n) is 7.03. The van der Waals surface area contributed by atoms with E-state index in [1.54, 1.807) is 6.92 Å². The molecule has 2 amide bonds. The topological polar surface area (TPSA) is 49.4 Å². The molecule has 110 valence electrons. The number of rotatable bonds is 2. The third kappa shape index (κ3) is 2.47. The van der Waals surface area contributed by atoms with Crippen LogP contribution < -0.4 is 5.32 Å². The van der Waals surface area contributed by atoms with Gasteiger partial charge in [0.2, 0.25) is 11.8 Å². The maximum Gasteiger partial charge on any atom is 0.248 e. The number of likely N-dealkylation sites (tertiary alicyclic amines) is 1. The van der Waals surface area contributed by atoms with Crippen LogP contribution >= 0.6 is 22.6 Å². The molecule has 1 saturated heterocycles. The number of nitrogens with zero attached hydrogens (tertiary/aromatic N) is 1. The van der Waals surface area contributed by atoms with Gasteiger partial charge in [-0.2, -0.15) is 0 Å². The van der Waals surface area contributed by atoms with Gasteiger partial charge in [0, 0.05) is 18.5 Å². The monoisotopic (exact) mass is 396 g/mol. The van der Waals surface area contributed by atoms with Gasteiger partial charge in [-0.05, 0) is 25.0 Å². The Labute approximate surface area is 137 Å². The van der Waals surface area contributed by atoms with E-state index in [1.165, 1.54) is 0 Å². The fraction of sp³-hybridized carbons (Fsp3) is 0.375. The minimum absolute atomic E-state index is 0.0792. The number of amides is 2. The van der Waals surface area contributed by atoms with E-state index in [0.717, 1.165) is 12.0 Å². The van der Waals surface area contributed by atoms with Gasteiger partial charge in [0.05, 0.1) is 3.92 Å². The van der Waals surface area contributed by atoms with Crippen LogP contribution in [0.1, 0.15) is 25.3 Å².